The van der Waals surface area contributed by atoms with E-state index in [9.17, 15) is 4.79 Å². The number of aromatic amines is 1. The predicted octanol–water partition coefficient (Wildman–Crippen LogP) is -0.990. The van der Waals surface area contributed by atoms with Gasteiger partial charge in [-0.05, 0) is 6.42 Å². The summed E-state index contributed by atoms with van der Waals surface area (Å²) in [4.78, 5) is 22.9. The Balaban J connectivity index is 1.47. The second kappa shape index (κ2) is 4.79. The summed E-state index contributed by atoms with van der Waals surface area (Å²) in [6.45, 7) is 2.10. The Morgan fingerprint density at radius 3 is 3.12 bits per heavy atom. The van der Waals surface area contributed by atoms with Gasteiger partial charge < -0.3 is 15.4 Å². The number of ether oxygens (including phenoxy) is 1. The van der Waals surface area contributed by atoms with Crippen LogP contribution in [0.25, 0.3) is 11.0 Å². The summed E-state index contributed by atoms with van der Waals surface area (Å²) in [7, 11) is 1.82. The molecule has 1 fully saturated rings. The van der Waals surface area contributed by atoms with Gasteiger partial charge in [-0.1, -0.05) is 0 Å². The number of hydrogen-bond donors (Lipinski definition) is 2. The van der Waals surface area contributed by atoms with Crippen LogP contribution in [0, 0.1) is 0 Å². The van der Waals surface area contributed by atoms with Gasteiger partial charge in [0.15, 0.2) is 11.5 Å². The van der Waals surface area contributed by atoms with Crippen LogP contribution in [0.1, 0.15) is 12.2 Å². The first-order valence-electron chi connectivity index (χ1n) is 8.03. The van der Waals surface area contributed by atoms with Crippen molar-refractivity contribution in [1.82, 2.24) is 34.5 Å². The number of nitrogen functional groups attached to an aromatic ring is 1. The van der Waals surface area contributed by atoms with Gasteiger partial charge in [0.2, 0.25) is 5.95 Å². The van der Waals surface area contributed by atoms with Gasteiger partial charge in [0.25, 0.3) is 0 Å². The zero-order chi connectivity index (χ0) is 17.2. The number of hydrogen-bond acceptors (Lipinski definition) is 8. The standard InChI is InChI=1S/C14H17N9O2/c1-21-11-8(4-16-21)10(15)17-12(18-11)22-3-2-14(6-22)7-23-9(5-25-14)19-20-13(23)24/h4H,2-3,5-7H2,1H3,(H,20,24)(H2,15,17,18). The highest BCUT2D eigenvalue weighted by molar-refractivity contribution is 5.86. The van der Waals surface area contributed by atoms with Crippen molar-refractivity contribution in [3.63, 3.8) is 0 Å². The second-order valence-electron chi connectivity index (χ2n) is 6.59. The normalized spacial score (nSPS) is 22.8. The van der Waals surface area contributed by atoms with Crippen LogP contribution >= 0.6 is 0 Å². The maximum Gasteiger partial charge on any atom is 0.343 e. The molecule has 1 atom stereocenters. The first kappa shape index (κ1) is 14.4. The lowest BCUT2D eigenvalue weighted by molar-refractivity contribution is -0.0760. The third-order valence-corrected chi connectivity index (χ3v) is 5.00. The van der Waals surface area contributed by atoms with E-state index < -0.39 is 5.60 Å². The molecule has 5 rings (SSSR count). The highest BCUT2D eigenvalue weighted by Crippen LogP contribution is 2.33. The highest BCUT2D eigenvalue weighted by atomic mass is 16.5. The average molecular weight is 343 g/mol. The largest absolute Gasteiger partial charge is 0.383 e. The average Bonchev–Trinajstić information content (AvgIpc) is 3.28. The van der Waals surface area contributed by atoms with Crippen molar-refractivity contribution in [2.75, 3.05) is 23.7 Å². The van der Waals surface area contributed by atoms with Crippen LogP contribution in [0.2, 0.25) is 0 Å². The van der Waals surface area contributed by atoms with Gasteiger partial charge in [-0.25, -0.2) is 9.89 Å². The Morgan fingerprint density at radius 1 is 1.36 bits per heavy atom. The minimum atomic E-state index is -0.444. The van der Waals surface area contributed by atoms with Gasteiger partial charge in [-0.15, -0.1) is 0 Å². The predicted molar refractivity (Wildman–Crippen MR) is 87.9 cm³/mol. The van der Waals surface area contributed by atoms with Gasteiger partial charge in [0.05, 0.1) is 24.7 Å². The molecule has 0 aliphatic carbocycles. The van der Waals surface area contributed by atoms with E-state index in [2.05, 4.69) is 25.3 Å². The summed E-state index contributed by atoms with van der Waals surface area (Å²) in [6.07, 6.45) is 2.44. The summed E-state index contributed by atoms with van der Waals surface area (Å²) in [5.41, 5.74) is 6.11. The molecule has 0 aromatic carbocycles. The fraction of sp³-hybridized carbons (Fsp3) is 0.500. The molecule has 130 valence electrons. The number of nitrogens with zero attached hydrogens (tertiary/aromatic N) is 7. The minimum absolute atomic E-state index is 0.201. The van der Waals surface area contributed by atoms with Crippen LogP contribution < -0.4 is 16.3 Å². The summed E-state index contributed by atoms with van der Waals surface area (Å²) >= 11 is 0. The zero-order valence-electron chi connectivity index (χ0n) is 13.6. The fourth-order valence-corrected chi connectivity index (χ4v) is 3.61. The molecule has 2 aliphatic rings. The van der Waals surface area contributed by atoms with Gasteiger partial charge in [-0.2, -0.15) is 20.2 Å². The van der Waals surface area contributed by atoms with Crippen molar-refractivity contribution in [2.45, 2.75) is 25.2 Å². The number of nitrogens with one attached hydrogen (secondary N) is 1. The number of anilines is 2. The smallest absolute Gasteiger partial charge is 0.343 e. The van der Waals surface area contributed by atoms with E-state index in [4.69, 9.17) is 10.5 Å². The lowest BCUT2D eigenvalue weighted by Crippen LogP contribution is -2.46. The second-order valence-corrected chi connectivity index (χ2v) is 6.59. The molecular formula is C14H17N9O2. The van der Waals surface area contributed by atoms with Crippen molar-refractivity contribution in [1.29, 1.82) is 0 Å². The minimum Gasteiger partial charge on any atom is -0.383 e. The lowest BCUT2D eigenvalue weighted by atomic mass is 10.0. The van der Waals surface area contributed by atoms with Crippen molar-refractivity contribution < 1.29 is 4.74 Å². The van der Waals surface area contributed by atoms with Crippen LogP contribution in [-0.2, 0) is 24.9 Å². The number of aromatic nitrogens is 7. The first-order chi connectivity index (χ1) is 12.0. The topological polar surface area (TPSA) is 133 Å². The number of rotatable bonds is 1. The molecule has 1 unspecified atom stereocenters. The van der Waals surface area contributed by atoms with Crippen LogP contribution in [-0.4, -0.2) is 53.2 Å². The van der Waals surface area contributed by atoms with E-state index in [1.54, 1.807) is 15.4 Å². The SMILES string of the molecule is Cn1ncc2c(N)nc(N3CCC4(C3)Cn3c(n[nH]c3=O)CO4)nc21. The van der Waals surface area contributed by atoms with Gasteiger partial charge in [0, 0.05) is 13.6 Å². The van der Waals surface area contributed by atoms with E-state index >= 15 is 0 Å². The van der Waals surface area contributed by atoms with Crippen molar-refractivity contribution in [3.05, 3.63) is 22.5 Å². The molecule has 3 N–H and O–H groups in total. The van der Waals surface area contributed by atoms with Crippen molar-refractivity contribution in [3.8, 4) is 0 Å². The molecule has 0 saturated carbocycles. The zero-order valence-corrected chi connectivity index (χ0v) is 13.6. The van der Waals surface area contributed by atoms with E-state index in [0.717, 1.165) is 18.4 Å². The molecule has 1 saturated heterocycles. The third-order valence-electron chi connectivity index (χ3n) is 5.00. The monoisotopic (exact) mass is 343 g/mol. The van der Waals surface area contributed by atoms with Gasteiger partial charge in [0.1, 0.15) is 18.0 Å². The van der Waals surface area contributed by atoms with Gasteiger partial charge in [-0.3, -0.25) is 9.25 Å². The van der Waals surface area contributed by atoms with E-state index in [1.807, 2.05) is 11.9 Å². The molecule has 0 radical (unpaired) electrons. The van der Waals surface area contributed by atoms with E-state index in [0.29, 0.717) is 42.9 Å². The Hall–Kier alpha value is -2.95. The van der Waals surface area contributed by atoms with Crippen LogP contribution in [0.4, 0.5) is 11.8 Å². The quantitative estimate of drug-likeness (QED) is 0.575. The molecule has 11 heteroatoms. The maximum absolute atomic E-state index is 11.9. The Labute approximate surface area is 141 Å². The van der Waals surface area contributed by atoms with Crippen LogP contribution in [0.3, 0.4) is 0 Å². The molecule has 1 spiro atoms. The van der Waals surface area contributed by atoms with Crippen LogP contribution in [0.15, 0.2) is 11.0 Å². The summed E-state index contributed by atoms with van der Waals surface area (Å²) < 4.78 is 9.38. The van der Waals surface area contributed by atoms with Crippen molar-refractivity contribution >= 4 is 22.8 Å². The van der Waals surface area contributed by atoms with Crippen LogP contribution in [0.5, 0.6) is 0 Å². The van der Waals surface area contributed by atoms with E-state index in [-0.39, 0.29) is 5.69 Å². The molecule has 3 aromatic heterocycles. The molecule has 0 amide bonds. The van der Waals surface area contributed by atoms with E-state index in [1.165, 1.54) is 0 Å². The fourth-order valence-electron chi connectivity index (χ4n) is 3.61. The molecule has 11 nitrogen and oxygen atoms in total. The maximum atomic E-state index is 11.9. The summed E-state index contributed by atoms with van der Waals surface area (Å²) in [6, 6.07) is 0. The Morgan fingerprint density at radius 2 is 2.24 bits per heavy atom. The summed E-state index contributed by atoms with van der Waals surface area (Å²) in [5, 5.41) is 11.4. The highest BCUT2D eigenvalue weighted by Gasteiger charge is 2.44. The molecule has 25 heavy (non-hydrogen) atoms. The summed E-state index contributed by atoms with van der Waals surface area (Å²) in [5.74, 6) is 1.59. The Kier molecular flexibility index (Phi) is 2.76. The van der Waals surface area contributed by atoms with Gasteiger partial charge >= 0.3 is 5.69 Å². The lowest BCUT2D eigenvalue weighted by Gasteiger charge is -2.33. The number of H-pyrrole nitrogens is 1. The molecule has 0 bridgehead atoms. The molecular weight excluding hydrogens is 326 g/mol. The molecule has 5 heterocycles. The third kappa shape index (κ3) is 2.05. The number of nitrogens with two attached hydrogens (primary N) is 1. The molecule has 3 aromatic rings. The number of aryl methyl sites for hydroxylation is 1. The Bertz CT molecular complexity index is 1030. The number of fused-ring (bicyclic) bond motifs is 2. The molecule has 2 aliphatic heterocycles. The first-order valence-corrected chi connectivity index (χ1v) is 8.03. The van der Waals surface area contributed by atoms with Crippen molar-refractivity contribution in [2.24, 2.45) is 7.05 Å².